The normalized spacial score (nSPS) is 12.4. The van der Waals surface area contributed by atoms with E-state index in [0.29, 0.717) is 0 Å². The quantitative estimate of drug-likeness (QED) is 0.886. The topological polar surface area (TPSA) is 67.4 Å². The van der Waals surface area contributed by atoms with Crippen LogP contribution in [0.1, 0.15) is 32.4 Å². The molecule has 0 bridgehead atoms. The predicted molar refractivity (Wildman–Crippen MR) is 76.9 cm³/mol. The van der Waals surface area contributed by atoms with Crippen LogP contribution in [0.3, 0.4) is 0 Å². The summed E-state index contributed by atoms with van der Waals surface area (Å²) in [7, 11) is 0. The Hall–Kier alpha value is -2.04. The van der Waals surface area contributed by atoms with E-state index >= 15 is 0 Å². The molecule has 1 radical (unpaired) electrons. The van der Waals surface area contributed by atoms with Crippen LogP contribution in [0, 0.1) is 6.92 Å². The lowest BCUT2D eigenvalue weighted by molar-refractivity contribution is -0.120. The number of hydrogen-bond acceptors (Lipinski definition) is 3. The molecule has 1 rings (SSSR count). The van der Waals surface area contributed by atoms with Crippen molar-refractivity contribution >= 4 is 12.0 Å². The Labute approximate surface area is 119 Å². The summed E-state index contributed by atoms with van der Waals surface area (Å²) in [6.45, 7) is 8.99. The molecule has 0 aromatic heterocycles. The number of carbonyl (C=O) groups excluding carboxylic acids is 2. The molecule has 0 saturated carbocycles. The van der Waals surface area contributed by atoms with Gasteiger partial charge in [-0.2, -0.15) is 0 Å². The molecule has 1 aromatic carbocycles. The molecule has 2 amide bonds. The summed E-state index contributed by atoms with van der Waals surface area (Å²) < 4.78 is 5.03. The molecule has 0 aliphatic rings. The van der Waals surface area contributed by atoms with E-state index < -0.39 is 11.7 Å². The number of rotatable bonds is 4. The second-order valence-corrected chi connectivity index (χ2v) is 5.39. The van der Waals surface area contributed by atoms with Crippen LogP contribution in [0.5, 0.6) is 0 Å². The minimum Gasteiger partial charge on any atom is -0.444 e. The highest BCUT2D eigenvalue weighted by atomic mass is 16.6. The van der Waals surface area contributed by atoms with Crippen LogP contribution in [0.2, 0.25) is 0 Å². The summed E-state index contributed by atoms with van der Waals surface area (Å²) >= 11 is 0. The van der Waals surface area contributed by atoms with E-state index in [1.807, 2.05) is 30.3 Å². The van der Waals surface area contributed by atoms with Crippen LogP contribution in [-0.4, -0.2) is 24.1 Å². The molecule has 2 N–H and O–H groups in total. The predicted octanol–water partition coefficient (Wildman–Crippen LogP) is 2.20. The lowest BCUT2D eigenvalue weighted by atomic mass is 10.1. The fourth-order valence-corrected chi connectivity index (χ4v) is 1.48. The van der Waals surface area contributed by atoms with E-state index in [2.05, 4.69) is 17.6 Å². The van der Waals surface area contributed by atoms with Crippen molar-refractivity contribution in [3.05, 3.63) is 42.8 Å². The molecule has 0 aliphatic carbocycles. The van der Waals surface area contributed by atoms with Crippen LogP contribution >= 0.6 is 0 Å². The van der Waals surface area contributed by atoms with Crippen LogP contribution < -0.4 is 10.6 Å². The van der Waals surface area contributed by atoms with Crippen molar-refractivity contribution in [2.45, 2.75) is 32.4 Å². The molecule has 20 heavy (non-hydrogen) atoms. The van der Waals surface area contributed by atoms with Crippen molar-refractivity contribution in [2.24, 2.45) is 0 Å². The molecule has 5 nitrogen and oxygen atoms in total. The van der Waals surface area contributed by atoms with Gasteiger partial charge >= 0.3 is 6.09 Å². The first-order valence-electron chi connectivity index (χ1n) is 6.42. The number of carbonyl (C=O) groups is 2. The zero-order valence-corrected chi connectivity index (χ0v) is 12.1. The fraction of sp³-hybridized carbons (Fsp3) is 0.400. The maximum absolute atomic E-state index is 11.7. The van der Waals surface area contributed by atoms with E-state index in [9.17, 15) is 9.59 Å². The van der Waals surface area contributed by atoms with Crippen LogP contribution in [0.25, 0.3) is 0 Å². The summed E-state index contributed by atoms with van der Waals surface area (Å²) in [6.07, 6.45) is -0.618. The van der Waals surface area contributed by atoms with Crippen molar-refractivity contribution < 1.29 is 14.3 Å². The first-order chi connectivity index (χ1) is 9.28. The molecule has 109 valence electrons. The van der Waals surface area contributed by atoms with Gasteiger partial charge in [-0.05, 0) is 33.3 Å². The van der Waals surface area contributed by atoms with Gasteiger partial charge in [0.25, 0.3) is 0 Å². The van der Waals surface area contributed by atoms with Gasteiger partial charge in [0.05, 0.1) is 6.04 Å². The first kappa shape index (κ1) is 16.0. The van der Waals surface area contributed by atoms with E-state index in [1.54, 1.807) is 20.8 Å². The Bertz CT molecular complexity index is 452. The monoisotopic (exact) mass is 277 g/mol. The van der Waals surface area contributed by atoms with Gasteiger partial charge in [0.2, 0.25) is 5.91 Å². The minimum absolute atomic E-state index is 0.145. The number of ether oxygens (including phenoxy) is 1. The van der Waals surface area contributed by atoms with Gasteiger partial charge in [0.1, 0.15) is 12.1 Å². The molecule has 0 spiro atoms. The molecule has 1 unspecified atom stereocenters. The van der Waals surface area contributed by atoms with Gasteiger partial charge in [0, 0.05) is 0 Å². The summed E-state index contributed by atoms with van der Waals surface area (Å²) in [4.78, 5) is 23.1. The Morgan fingerprint density at radius 3 is 2.40 bits per heavy atom. The molecule has 0 heterocycles. The Morgan fingerprint density at radius 2 is 1.85 bits per heavy atom. The summed E-state index contributed by atoms with van der Waals surface area (Å²) in [5, 5.41) is 5.09. The molecule has 0 saturated heterocycles. The fourth-order valence-electron chi connectivity index (χ4n) is 1.48. The van der Waals surface area contributed by atoms with Crippen molar-refractivity contribution in [3.63, 3.8) is 0 Å². The number of amides is 2. The third-order valence-electron chi connectivity index (χ3n) is 2.33. The second kappa shape index (κ2) is 6.93. The van der Waals surface area contributed by atoms with Gasteiger partial charge in [-0.25, -0.2) is 4.79 Å². The Morgan fingerprint density at radius 1 is 1.25 bits per heavy atom. The van der Waals surface area contributed by atoms with E-state index in [-0.39, 0.29) is 18.5 Å². The van der Waals surface area contributed by atoms with Gasteiger partial charge < -0.3 is 15.4 Å². The van der Waals surface area contributed by atoms with E-state index in [4.69, 9.17) is 4.74 Å². The lowest BCUT2D eigenvalue weighted by Crippen LogP contribution is -2.40. The number of hydrogen-bond donors (Lipinski definition) is 2. The lowest BCUT2D eigenvalue weighted by Gasteiger charge is -2.20. The average Bonchev–Trinajstić information content (AvgIpc) is 2.35. The maximum atomic E-state index is 11.7. The molecule has 1 atom stereocenters. The third-order valence-corrected chi connectivity index (χ3v) is 2.33. The van der Waals surface area contributed by atoms with Gasteiger partial charge in [-0.15, -0.1) is 0 Å². The van der Waals surface area contributed by atoms with Crippen LogP contribution in [0.15, 0.2) is 30.3 Å². The second-order valence-electron chi connectivity index (χ2n) is 5.39. The summed E-state index contributed by atoms with van der Waals surface area (Å²) in [5.74, 6) is -0.320. The largest absolute Gasteiger partial charge is 0.444 e. The Balaban J connectivity index is 2.36. The standard InChI is InChI=1S/C15H21N2O3/c1-11(12-8-6-5-7-9-12)17-13(18)10-16-14(19)20-15(2,3)4/h5-9,11H,1,10H2,2-4H3,(H,16,19)(H,17,18). The molecular weight excluding hydrogens is 256 g/mol. The van der Waals surface area contributed by atoms with Gasteiger partial charge in [-0.1, -0.05) is 30.3 Å². The molecule has 5 heteroatoms. The maximum Gasteiger partial charge on any atom is 0.408 e. The van der Waals surface area contributed by atoms with E-state index in [1.165, 1.54) is 0 Å². The van der Waals surface area contributed by atoms with Crippen molar-refractivity contribution in [3.8, 4) is 0 Å². The summed E-state index contributed by atoms with van der Waals surface area (Å²) in [5.41, 5.74) is 0.317. The zero-order valence-electron chi connectivity index (χ0n) is 12.1. The van der Waals surface area contributed by atoms with Crippen molar-refractivity contribution in [1.82, 2.24) is 10.6 Å². The molecular formula is C15H21N2O3. The third kappa shape index (κ3) is 6.22. The van der Waals surface area contributed by atoms with Gasteiger partial charge in [0.15, 0.2) is 0 Å². The average molecular weight is 277 g/mol. The summed E-state index contributed by atoms with van der Waals surface area (Å²) in [6, 6.07) is 9.03. The van der Waals surface area contributed by atoms with Gasteiger partial charge in [-0.3, -0.25) is 4.79 Å². The first-order valence-corrected chi connectivity index (χ1v) is 6.42. The van der Waals surface area contributed by atoms with Crippen LogP contribution in [0.4, 0.5) is 4.79 Å². The van der Waals surface area contributed by atoms with Crippen LogP contribution in [-0.2, 0) is 9.53 Å². The number of nitrogens with one attached hydrogen (secondary N) is 2. The Kier molecular flexibility index (Phi) is 5.55. The van der Waals surface area contributed by atoms with E-state index in [0.717, 1.165) is 5.56 Å². The highest BCUT2D eigenvalue weighted by Crippen LogP contribution is 2.10. The molecule has 0 fully saturated rings. The highest BCUT2D eigenvalue weighted by Gasteiger charge is 2.17. The minimum atomic E-state index is -0.618. The smallest absolute Gasteiger partial charge is 0.408 e. The number of alkyl carbamates (subject to hydrolysis) is 1. The molecule has 0 aliphatic heterocycles. The molecule has 1 aromatic rings. The highest BCUT2D eigenvalue weighted by molar-refractivity contribution is 5.82. The van der Waals surface area contributed by atoms with Crippen molar-refractivity contribution in [2.75, 3.05) is 6.54 Å². The van der Waals surface area contributed by atoms with Crippen molar-refractivity contribution in [1.29, 1.82) is 0 Å². The SMILES string of the molecule is [CH2]C(NC(=O)CNC(=O)OC(C)(C)C)c1ccccc1. The number of benzene rings is 1. The zero-order chi connectivity index (χ0) is 15.2.